The second kappa shape index (κ2) is 9.73. The van der Waals surface area contributed by atoms with E-state index in [1.165, 1.54) is 12.1 Å². The smallest absolute Gasteiger partial charge is 0.406 e. The largest absolute Gasteiger partial charge is 0.573 e. The molecule has 10 heteroatoms. The maximum atomic E-state index is 12.6. The second-order valence-electron chi connectivity index (χ2n) is 6.88. The molecule has 0 aromatic heterocycles. The zero-order chi connectivity index (χ0) is 20.9. The number of halogens is 3. The van der Waals surface area contributed by atoms with E-state index < -0.39 is 17.3 Å². The van der Waals surface area contributed by atoms with E-state index in [0.717, 1.165) is 37.2 Å². The van der Waals surface area contributed by atoms with Gasteiger partial charge in [-0.05, 0) is 49.9 Å². The molecule has 2 aliphatic rings. The highest BCUT2D eigenvalue weighted by Gasteiger charge is 2.31. The van der Waals surface area contributed by atoms with Gasteiger partial charge >= 0.3 is 6.36 Å². The number of ether oxygens (including phenoxy) is 2. The zero-order valence-electron chi connectivity index (χ0n) is 15.7. The number of hydrogen-bond acceptors (Lipinski definition) is 4. The molecule has 0 radical (unpaired) electrons. The van der Waals surface area contributed by atoms with Crippen molar-refractivity contribution in [2.75, 3.05) is 26.2 Å². The molecule has 3 rings (SSSR count). The Balaban J connectivity index is 1.46. The molecule has 0 aliphatic carbocycles. The van der Waals surface area contributed by atoms with Gasteiger partial charge in [-0.1, -0.05) is 5.57 Å². The highest BCUT2D eigenvalue weighted by Crippen LogP contribution is 2.25. The van der Waals surface area contributed by atoms with E-state index in [2.05, 4.69) is 10.1 Å². The van der Waals surface area contributed by atoms with Crippen molar-refractivity contribution in [3.63, 3.8) is 0 Å². The molecule has 1 N–H and O–H groups in total. The van der Waals surface area contributed by atoms with Crippen molar-refractivity contribution in [2.24, 2.45) is 0 Å². The van der Waals surface area contributed by atoms with Crippen LogP contribution in [0.15, 0.2) is 40.8 Å². The van der Waals surface area contributed by atoms with Crippen LogP contribution >= 0.6 is 0 Å². The first-order valence-corrected chi connectivity index (χ1v) is 10.5. The summed E-state index contributed by atoms with van der Waals surface area (Å²) in [6.45, 7) is 2.25. The van der Waals surface area contributed by atoms with Gasteiger partial charge in [0.1, 0.15) is 16.7 Å². The predicted molar refractivity (Wildman–Crippen MR) is 100 cm³/mol. The number of amides is 1. The molecule has 0 bridgehead atoms. The van der Waals surface area contributed by atoms with Crippen LogP contribution in [0.5, 0.6) is 5.75 Å². The van der Waals surface area contributed by atoms with Gasteiger partial charge < -0.3 is 14.8 Å². The number of alkyl halides is 3. The van der Waals surface area contributed by atoms with E-state index in [0.29, 0.717) is 37.4 Å². The molecule has 1 aromatic rings. The van der Waals surface area contributed by atoms with Gasteiger partial charge in [-0.2, -0.15) is 0 Å². The number of benzene rings is 1. The lowest BCUT2D eigenvalue weighted by Gasteiger charge is -2.27. The summed E-state index contributed by atoms with van der Waals surface area (Å²) in [5.74, 6) is -0.499. The molecule has 2 fully saturated rings. The van der Waals surface area contributed by atoms with Gasteiger partial charge in [0, 0.05) is 32.3 Å². The SMILES string of the molecule is O=C(C=C1CCN(S(=O)c2ccc(OC(F)(F)F)cc2)CC1)NCC1CCCO1. The highest BCUT2D eigenvalue weighted by atomic mass is 32.2. The number of carbonyl (C=O) groups is 1. The molecule has 2 unspecified atom stereocenters. The summed E-state index contributed by atoms with van der Waals surface area (Å²) in [5, 5.41) is 2.85. The second-order valence-corrected chi connectivity index (χ2v) is 8.37. The number of nitrogens with zero attached hydrogens (tertiary/aromatic N) is 1. The molecule has 2 saturated heterocycles. The number of carbonyl (C=O) groups excluding carboxylic acids is 1. The average molecular weight is 432 g/mol. The lowest BCUT2D eigenvalue weighted by Crippen LogP contribution is -2.34. The number of piperidine rings is 1. The minimum absolute atomic E-state index is 0.0922. The van der Waals surface area contributed by atoms with E-state index in [9.17, 15) is 22.2 Å². The van der Waals surface area contributed by atoms with Gasteiger partial charge in [-0.15, -0.1) is 13.2 Å². The van der Waals surface area contributed by atoms with Crippen LogP contribution in [0.25, 0.3) is 0 Å². The summed E-state index contributed by atoms with van der Waals surface area (Å²) >= 11 is 0. The van der Waals surface area contributed by atoms with Gasteiger partial charge in [0.2, 0.25) is 5.91 Å². The topological polar surface area (TPSA) is 67.9 Å². The van der Waals surface area contributed by atoms with Crippen molar-refractivity contribution in [1.82, 2.24) is 9.62 Å². The fourth-order valence-electron chi connectivity index (χ4n) is 3.25. The Morgan fingerprint density at radius 2 is 1.97 bits per heavy atom. The molecule has 160 valence electrons. The summed E-state index contributed by atoms with van der Waals surface area (Å²) in [5.41, 5.74) is 0.983. The van der Waals surface area contributed by atoms with Gasteiger partial charge in [0.05, 0.1) is 11.0 Å². The summed E-state index contributed by atoms with van der Waals surface area (Å²) in [7, 11) is -1.48. The Labute approximate surface area is 169 Å². The fourth-order valence-corrected chi connectivity index (χ4v) is 4.43. The first-order valence-electron chi connectivity index (χ1n) is 9.42. The number of nitrogens with one attached hydrogen (secondary N) is 1. The van der Waals surface area contributed by atoms with Crippen molar-refractivity contribution in [3.8, 4) is 5.75 Å². The van der Waals surface area contributed by atoms with Crippen LogP contribution in [0.2, 0.25) is 0 Å². The molecule has 6 nitrogen and oxygen atoms in total. The molecule has 1 amide bonds. The highest BCUT2D eigenvalue weighted by molar-refractivity contribution is 7.82. The summed E-state index contributed by atoms with van der Waals surface area (Å²) in [6, 6.07) is 5.02. The minimum Gasteiger partial charge on any atom is -0.406 e. The van der Waals surface area contributed by atoms with E-state index >= 15 is 0 Å². The van der Waals surface area contributed by atoms with Gasteiger partial charge in [-0.3, -0.25) is 4.79 Å². The normalized spacial score (nSPS) is 21.6. The van der Waals surface area contributed by atoms with Crippen LogP contribution in [0.4, 0.5) is 13.2 Å². The number of rotatable bonds is 6. The molecule has 2 heterocycles. The van der Waals surface area contributed by atoms with Crippen LogP contribution in [0.3, 0.4) is 0 Å². The quantitative estimate of drug-likeness (QED) is 0.702. The van der Waals surface area contributed by atoms with E-state index in [-0.39, 0.29) is 17.8 Å². The third kappa shape index (κ3) is 6.83. The monoisotopic (exact) mass is 432 g/mol. The lowest BCUT2D eigenvalue weighted by molar-refractivity contribution is -0.274. The molecular weight excluding hydrogens is 409 g/mol. The Morgan fingerprint density at radius 3 is 2.55 bits per heavy atom. The molecule has 0 saturated carbocycles. The van der Waals surface area contributed by atoms with Crippen LogP contribution < -0.4 is 10.1 Å². The Hall–Kier alpha value is -1.91. The average Bonchev–Trinajstić information content (AvgIpc) is 3.19. The Kier molecular flexibility index (Phi) is 7.31. The molecule has 29 heavy (non-hydrogen) atoms. The van der Waals surface area contributed by atoms with Gasteiger partial charge in [0.15, 0.2) is 0 Å². The van der Waals surface area contributed by atoms with Gasteiger partial charge in [-0.25, -0.2) is 8.51 Å². The summed E-state index contributed by atoms with van der Waals surface area (Å²) in [4.78, 5) is 12.4. The van der Waals surface area contributed by atoms with E-state index in [1.54, 1.807) is 10.4 Å². The van der Waals surface area contributed by atoms with Crippen molar-refractivity contribution >= 4 is 16.9 Å². The Morgan fingerprint density at radius 1 is 1.28 bits per heavy atom. The van der Waals surface area contributed by atoms with E-state index in [4.69, 9.17) is 4.74 Å². The van der Waals surface area contributed by atoms with Crippen molar-refractivity contribution < 1.29 is 31.6 Å². The van der Waals surface area contributed by atoms with E-state index in [1.807, 2.05) is 0 Å². The standard InChI is InChI=1S/C19H23F3N2O4S/c20-19(21,22)28-15-3-5-17(6-4-15)29(26)24-9-7-14(8-10-24)12-18(25)23-13-16-2-1-11-27-16/h3-6,12,16H,1-2,7-11,13H2,(H,23,25). The van der Waals surface area contributed by atoms with Crippen molar-refractivity contribution in [2.45, 2.75) is 43.0 Å². The predicted octanol–water partition coefficient (Wildman–Crippen LogP) is 2.93. The fraction of sp³-hybridized carbons (Fsp3) is 0.526. The van der Waals surface area contributed by atoms with Crippen molar-refractivity contribution in [3.05, 3.63) is 35.9 Å². The third-order valence-electron chi connectivity index (χ3n) is 4.72. The molecular formula is C19H23F3N2O4S. The zero-order valence-corrected chi connectivity index (χ0v) is 16.6. The lowest BCUT2D eigenvalue weighted by atomic mass is 10.1. The van der Waals surface area contributed by atoms with Crippen LogP contribution in [-0.2, 0) is 20.5 Å². The molecule has 1 aromatic carbocycles. The first kappa shape index (κ1) is 21.8. The molecule has 2 atom stereocenters. The third-order valence-corrected chi connectivity index (χ3v) is 6.23. The van der Waals surface area contributed by atoms with Gasteiger partial charge in [0.25, 0.3) is 0 Å². The first-order chi connectivity index (χ1) is 13.8. The molecule has 2 aliphatic heterocycles. The van der Waals surface area contributed by atoms with Crippen LogP contribution in [0.1, 0.15) is 25.7 Å². The minimum atomic E-state index is -4.76. The maximum Gasteiger partial charge on any atom is 0.573 e. The van der Waals surface area contributed by atoms with Crippen LogP contribution in [-0.4, -0.2) is 53.1 Å². The van der Waals surface area contributed by atoms with Crippen LogP contribution in [0, 0.1) is 0 Å². The number of hydrogen-bond donors (Lipinski definition) is 1. The summed E-state index contributed by atoms with van der Waals surface area (Å²) < 4.78 is 60.3. The van der Waals surface area contributed by atoms with Crippen molar-refractivity contribution in [1.29, 1.82) is 0 Å². The summed E-state index contributed by atoms with van der Waals surface area (Å²) in [6.07, 6.45) is 0.121. The Bertz CT molecular complexity index is 752. The molecule has 0 spiro atoms. The maximum absolute atomic E-state index is 12.6.